The molecule has 0 bridgehead atoms. The van der Waals surface area contributed by atoms with Crippen LogP contribution in [0, 0.1) is 0 Å². The number of amides is 1. The molecule has 0 aromatic heterocycles. The van der Waals surface area contributed by atoms with E-state index < -0.39 is 0 Å². The largest absolute Gasteiger partial charge is 0.490 e. The summed E-state index contributed by atoms with van der Waals surface area (Å²) in [5.41, 5.74) is 5.21. The van der Waals surface area contributed by atoms with Gasteiger partial charge in [-0.1, -0.05) is 15.9 Å². The van der Waals surface area contributed by atoms with Crippen LogP contribution in [-0.4, -0.2) is 18.2 Å². The third-order valence-corrected chi connectivity index (χ3v) is 3.93. The quantitative estimate of drug-likeness (QED) is 0.673. The van der Waals surface area contributed by atoms with E-state index in [4.69, 9.17) is 4.74 Å². The van der Waals surface area contributed by atoms with Gasteiger partial charge in [0.05, 0.1) is 6.21 Å². The molecule has 2 aromatic rings. The van der Waals surface area contributed by atoms with E-state index in [1.54, 1.807) is 18.3 Å². The molecule has 1 N–H and O–H groups in total. The summed E-state index contributed by atoms with van der Waals surface area (Å²) in [4.78, 5) is 11.9. The van der Waals surface area contributed by atoms with Gasteiger partial charge >= 0.3 is 0 Å². The summed E-state index contributed by atoms with van der Waals surface area (Å²) < 4.78 is 6.59. The van der Waals surface area contributed by atoms with Gasteiger partial charge in [0, 0.05) is 16.5 Å². The van der Waals surface area contributed by atoms with E-state index in [1.807, 2.05) is 37.3 Å². The lowest BCUT2D eigenvalue weighted by Crippen LogP contribution is -2.17. The van der Waals surface area contributed by atoms with Crippen LogP contribution < -0.4 is 10.2 Å². The van der Waals surface area contributed by atoms with E-state index in [2.05, 4.69) is 26.5 Å². The van der Waals surface area contributed by atoms with Crippen molar-refractivity contribution in [3.8, 4) is 5.75 Å². The first-order valence-electron chi connectivity index (χ1n) is 7.00. The van der Waals surface area contributed by atoms with Gasteiger partial charge in [0.1, 0.15) is 11.9 Å². The maximum Gasteiger partial charge on any atom is 0.271 e. The minimum absolute atomic E-state index is 0.222. The van der Waals surface area contributed by atoms with E-state index in [0.29, 0.717) is 5.56 Å². The van der Waals surface area contributed by atoms with E-state index >= 15 is 0 Å². The van der Waals surface area contributed by atoms with Crippen LogP contribution in [0.15, 0.2) is 52.0 Å². The molecule has 0 saturated heterocycles. The Kier molecular flexibility index (Phi) is 4.24. The highest BCUT2D eigenvalue weighted by Crippen LogP contribution is 2.28. The number of nitrogens with zero attached hydrogens (tertiary/aromatic N) is 1. The smallest absolute Gasteiger partial charge is 0.271 e. The van der Waals surface area contributed by atoms with E-state index in [0.717, 1.165) is 22.2 Å². The SMILES string of the molecule is C[C@@H]1Cc2cc(/C=N/NC(=O)c3ccc(Br)cc3)ccc2O1. The number of halogens is 1. The Balaban J connectivity index is 1.64. The Hall–Kier alpha value is -2.14. The number of carbonyl (C=O) groups is 1. The number of nitrogens with one attached hydrogen (secondary N) is 1. The molecule has 1 amide bonds. The van der Waals surface area contributed by atoms with Crippen molar-refractivity contribution in [3.63, 3.8) is 0 Å². The zero-order valence-electron chi connectivity index (χ0n) is 12.0. The number of hydrazone groups is 1. The van der Waals surface area contributed by atoms with Crippen molar-refractivity contribution in [1.82, 2.24) is 5.43 Å². The predicted molar refractivity (Wildman–Crippen MR) is 89.4 cm³/mol. The summed E-state index contributed by atoms with van der Waals surface area (Å²) in [6.07, 6.45) is 2.77. The monoisotopic (exact) mass is 358 g/mol. The van der Waals surface area contributed by atoms with Gasteiger partial charge < -0.3 is 4.74 Å². The minimum Gasteiger partial charge on any atom is -0.490 e. The minimum atomic E-state index is -0.234. The Morgan fingerprint density at radius 3 is 2.86 bits per heavy atom. The van der Waals surface area contributed by atoms with Crippen LogP contribution in [0.3, 0.4) is 0 Å². The Morgan fingerprint density at radius 1 is 1.32 bits per heavy atom. The van der Waals surface area contributed by atoms with Gasteiger partial charge in [-0.25, -0.2) is 5.43 Å². The third kappa shape index (κ3) is 3.36. The zero-order valence-corrected chi connectivity index (χ0v) is 13.6. The molecule has 3 rings (SSSR count). The van der Waals surface area contributed by atoms with E-state index in [9.17, 15) is 4.79 Å². The molecule has 1 aliphatic heterocycles. The molecule has 1 heterocycles. The first-order chi connectivity index (χ1) is 10.6. The van der Waals surface area contributed by atoms with Crippen molar-refractivity contribution in [2.75, 3.05) is 0 Å². The van der Waals surface area contributed by atoms with Crippen LogP contribution in [0.1, 0.15) is 28.4 Å². The highest BCUT2D eigenvalue weighted by molar-refractivity contribution is 9.10. The van der Waals surface area contributed by atoms with Crippen LogP contribution in [0.25, 0.3) is 0 Å². The average molecular weight is 359 g/mol. The standard InChI is InChI=1S/C17H15BrN2O2/c1-11-8-14-9-12(2-7-16(14)22-11)10-19-20-17(21)13-3-5-15(18)6-4-13/h2-7,9-11H,8H2,1H3,(H,20,21)/b19-10+/t11-/m1/s1. The van der Waals surface area contributed by atoms with Gasteiger partial charge in [-0.15, -0.1) is 0 Å². The van der Waals surface area contributed by atoms with Gasteiger partial charge in [0.2, 0.25) is 0 Å². The van der Waals surface area contributed by atoms with Gasteiger partial charge in [0.25, 0.3) is 5.91 Å². The maximum atomic E-state index is 11.9. The van der Waals surface area contributed by atoms with Crippen molar-refractivity contribution in [2.45, 2.75) is 19.4 Å². The van der Waals surface area contributed by atoms with E-state index in [-0.39, 0.29) is 12.0 Å². The zero-order chi connectivity index (χ0) is 15.5. The summed E-state index contributed by atoms with van der Waals surface area (Å²) in [6.45, 7) is 2.05. The fourth-order valence-corrected chi connectivity index (χ4v) is 2.62. The molecule has 1 aliphatic rings. The second kappa shape index (κ2) is 6.32. The summed E-state index contributed by atoms with van der Waals surface area (Å²) in [5.74, 6) is 0.699. The van der Waals surface area contributed by atoms with Crippen LogP contribution >= 0.6 is 15.9 Å². The number of ether oxygens (including phenoxy) is 1. The maximum absolute atomic E-state index is 11.9. The van der Waals surface area contributed by atoms with Crippen LogP contribution in [0.2, 0.25) is 0 Å². The number of fused-ring (bicyclic) bond motifs is 1. The molecule has 0 radical (unpaired) electrons. The van der Waals surface area contributed by atoms with Gasteiger partial charge in [0.15, 0.2) is 0 Å². The first-order valence-corrected chi connectivity index (χ1v) is 7.79. The van der Waals surface area contributed by atoms with Crippen LogP contribution in [0.4, 0.5) is 0 Å². The number of hydrogen-bond donors (Lipinski definition) is 1. The van der Waals surface area contributed by atoms with Gasteiger partial charge in [-0.05, 0) is 60.5 Å². The molecule has 1 atom stereocenters. The Labute approximate surface area is 137 Å². The molecule has 112 valence electrons. The van der Waals surface area contributed by atoms with Crippen molar-refractivity contribution >= 4 is 28.1 Å². The van der Waals surface area contributed by atoms with Gasteiger partial charge in [-0.2, -0.15) is 5.10 Å². The lowest BCUT2D eigenvalue weighted by Gasteiger charge is -2.02. The molecular weight excluding hydrogens is 344 g/mol. The predicted octanol–water partition coefficient (Wildman–Crippen LogP) is 3.54. The summed E-state index contributed by atoms with van der Waals surface area (Å²) >= 11 is 3.33. The molecule has 0 fully saturated rings. The van der Waals surface area contributed by atoms with Crippen LogP contribution in [-0.2, 0) is 6.42 Å². The molecule has 0 saturated carbocycles. The molecule has 2 aromatic carbocycles. The van der Waals surface area contributed by atoms with Crippen molar-refractivity contribution in [2.24, 2.45) is 5.10 Å². The summed E-state index contributed by atoms with van der Waals surface area (Å²) in [5, 5.41) is 4.01. The molecule has 5 heteroatoms. The molecule has 0 aliphatic carbocycles. The van der Waals surface area contributed by atoms with Crippen molar-refractivity contribution in [1.29, 1.82) is 0 Å². The Morgan fingerprint density at radius 2 is 2.09 bits per heavy atom. The highest BCUT2D eigenvalue weighted by atomic mass is 79.9. The summed E-state index contributed by atoms with van der Waals surface area (Å²) in [6, 6.07) is 13.0. The lowest BCUT2D eigenvalue weighted by atomic mass is 10.1. The fourth-order valence-electron chi connectivity index (χ4n) is 2.35. The number of benzene rings is 2. The van der Waals surface area contributed by atoms with Crippen LogP contribution in [0.5, 0.6) is 5.75 Å². The van der Waals surface area contributed by atoms with Crippen molar-refractivity contribution < 1.29 is 9.53 Å². The lowest BCUT2D eigenvalue weighted by molar-refractivity contribution is 0.0955. The molecule has 4 nitrogen and oxygen atoms in total. The second-order valence-corrected chi connectivity index (χ2v) is 6.12. The first kappa shape index (κ1) is 14.8. The Bertz CT molecular complexity index is 726. The highest BCUT2D eigenvalue weighted by Gasteiger charge is 2.18. The van der Waals surface area contributed by atoms with E-state index in [1.165, 1.54) is 5.56 Å². The molecule has 22 heavy (non-hydrogen) atoms. The van der Waals surface area contributed by atoms with Gasteiger partial charge in [-0.3, -0.25) is 4.79 Å². The topological polar surface area (TPSA) is 50.7 Å². The van der Waals surface area contributed by atoms with Crippen molar-refractivity contribution in [3.05, 3.63) is 63.6 Å². The third-order valence-electron chi connectivity index (χ3n) is 3.41. The average Bonchev–Trinajstić information content (AvgIpc) is 2.87. The molecule has 0 unspecified atom stereocenters. The second-order valence-electron chi connectivity index (χ2n) is 5.21. The molecular formula is C17H15BrN2O2. The number of hydrogen-bond acceptors (Lipinski definition) is 3. The normalized spacial score (nSPS) is 16.4. The molecule has 0 spiro atoms. The number of carbonyl (C=O) groups excluding carboxylic acids is 1. The fraction of sp³-hybridized carbons (Fsp3) is 0.176. The summed E-state index contributed by atoms with van der Waals surface area (Å²) in [7, 11) is 0. The number of rotatable bonds is 3.